The second kappa shape index (κ2) is 5.12. The largest absolute Gasteiger partial charge is 0.386 e. The standard InChI is InChI=1S/C14H17ClN2O/c1-9-4-5-10(2)12(6-9)14(18)8-17-11(3)13(15)7-16-17/h4-7,14,18H,8H2,1-3H3. The van der Waals surface area contributed by atoms with Crippen LogP contribution in [0.3, 0.4) is 0 Å². The first kappa shape index (κ1) is 13.1. The van der Waals surface area contributed by atoms with Crippen LogP contribution < -0.4 is 0 Å². The number of halogens is 1. The molecule has 0 saturated carbocycles. The van der Waals surface area contributed by atoms with Crippen LogP contribution in [0, 0.1) is 20.8 Å². The lowest BCUT2D eigenvalue weighted by Crippen LogP contribution is -2.12. The lowest BCUT2D eigenvalue weighted by molar-refractivity contribution is 0.150. The molecule has 0 radical (unpaired) electrons. The molecule has 2 aromatic rings. The van der Waals surface area contributed by atoms with Gasteiger partial charge in [0.1, 0.15) is 0 Å². The van der Waals surface area contributed by atoms with Gasteiger partial charge in [-0.2, -0.15) is 5.10 Å². The zero-order valence-corrected chi connectivity index (χ0v) is 11.6. The molecule has 2 rings (SSSR count). The van der Waals surface area contributed by atoms with Gasteiger partial charge < -0.3 is 5.11 Å². The Morgan fingerprint density at radius 3 is 2.67 bits per heavy atom. The summed E-state index contributed by atoms with van der Waals surface area (Å²) in [5.41, 5.74) is 4.05. The number of benzene rings is 1. The van der Waals surface area contributed by atoms with Crippen LogP contribution >= 0.6 is 11.6 Å². The van der Waals surface area contributed by atoms with E-state index >= 15 is 0 Å². The highest BCUT2D eigenvalue weighted by atomic mass is 35.5. The monoisotopic (exact) mass is 264 g/mol. The third-order valence-electron chi connectivity index (χ3n) is 3.18. The summed E-state index contributed by atoms with van der Waals surface area (Å²) in [6.45, 7) is 6.33. The summed E-state index contributed by atoms with van der Waals surface area (Å²) in [5, 5.41) is 15.1. The molecule has 0 amide bonds. The smallest absolute Gasteiger partial charge is 0.0988 e. The summed E-state index contributed by atoms with van der Waals surface area (Å²) in [7, 11) is 0. The summed E-state index contributed by atoms with van der Waals surface area (Å²) in [6, 6.07) is 6.08. The number of hydrogen-bond acceptors (Lipinski definition) is 2. The Morgan fingerprint density at radius 2 is 2.06 bits per heavy atom. The van der Waals surface area contributed by atoms with Gasteiger partial charge in [0, 0.05) is 0 Å². The highest BCUT2D eigenvalue weighted by Crippen LogP contribution is 2.22. The van der Waals surface area contributed by atoms with Crippen LogP contribution in [0.4, 0.5) is 0 Å². The molecule has 1 aromatic heterocycles. The molecule has 1 N–H and O–H groups in total. The van der Waals surface area contributed by atoms with Crippen LogP contribution in [-0.4, -0.2) is 14.9 Å². The van der Waals surface area contributed by atoms with Gasteiger partial charge in [0.15, 0.2) is 0 Å². The van der Waals surface area contributed by atoms with E-state index in [0.717, 1.165) is 22.4 Å². The Bertz CT molecular complexity index is 563. The highest BCUT2D eigenvalue weighted by Gasteiger charge is 2.14. The maximum Gasteiger partial charge on any atom is 0.0988 e. The minimum absolute atomic E-state index is 0.419. The van der Waals surface area contributed by atoms with Crippen molar-refractivity contribution in [1.29, 1.82) is 0 Å². The second-order valence-electron chi connectivity index (χ2n) is 4.64. The third-order valence-corrected chi connectivity index (χ3v) is 3.55. The van der Waals surface area contributed by atoms with Crippen molar-refractivity contribution in [3.63, 3.8) is 0 Å². The maximum atomic E-state index is 10.3. The minimum atomic E-state index is -0.570. The van der Waals surface area contributed by atoms with E-state index < -0.39 is 6.10 Å². The molecule has 4 heteroatoms. The van der Waals surface area contributed by atoms with Crippen LogP contribution in [0.2, 0.25) is 5.02 Å². The maximum absolute atomic E-state index is 10.3. The molecule has 3 nitrogen and oxygen atoms in total. The number of rotatable bonds is 3. The van der Waals surface area contributed by atoms with E-state index in [1.165, 1.54) is 0 Å². The van der Waals surface area contributed by atoms with Crippen molar-refractivity contribution in [2.24, 2.45) is 0 Å². The molecule has 0 aliphatic heterocycles. The van der Waals surface area contributed by atoms with E-state index in [1.54, 1.807) is 10.9 Å². The van der Waals surface area contributed by atoms with Crippen molar-refractivity contribution >= 4 is 11.6 Å². The van der Waals surface area contributed by atoms with Gasteiger partial charge >= 0.3 is 0 Å². The van der Waals surface area contributed by atoms with Gasteiger partial charge in [0.2, 0.25) is 0 Å². The average molecular weight is 265 g/mol. The van der Waals surface area contributed by atoms with E-state index in [2.05, 4.69) is 5.10 Å². The van der Waals surface area contributed by atoms with Crippen LogP contribution in [0.1, 0.15) is 28.5 Å². The first-order valence-corrected chi connectivity index (χ1v) is 6.30. The highest BCUT2D eigenvalue weighted by molar-refractivity contribution is 6.31. The molecular weight excluding hydrogens is 248 g/mol. The SMILES string of the molecule is Cc1ccc(C)c(C(O)Cn2ncc(Cl)c2C)c1. The lowest BCUT2D eigenvalue weighted by atomic mass is 10.0. The third kappa shape index (κ3) is 2.57. The second-order valence-corrected chi connectivity index (χ2v) is 5.04. The fourth-order valence-corrected chi connectivity index (χ4v) is 2.13. The predicted octanol–water partition coefficient (Wildman–Crippen LogP) is 3.20. The molecule has 0 aliphatic rings. The number of aryl methyl sites for hydroxylation is 2. The lowest BCUT2D eigenvalue weighted by Gasteiger charge is -2.15. The number of nitrogens with zero attached hydrogens (tertiary/aromatic N) is 2. The number of aliphatic hydroxyl groups excluding tert-OH is 1. The molecule has 0 bridgehead atoms. The normalized spacial score (nSPS) is 12.7. The van der Waals surface area contributed by atoms with E-state index in [0.29, 0.717) is 11.6 Å². The Balaban J connectivity index is 2.24. The van der Waals surface area contributed by atoms with E-state index in [9.17, 15) is 5.11 Å². The van der Waals surface area contributed by atoms with Crippen LogP contribution in [0.15, 0.2) is 24.4 Å². The number of hydrogen-bond donors (Lipinski definition) is 1. The summed E-state index contributed by atoms with van der Waals surface area (Å²) in [6.07, 6.45) is 1.03. The Hall–Kier alpha value is -1.32. The molecule has 18 heavy (non-hydrogen) atoms. The van der Waals surface area contributed by atoms with Crippen LogP contribution in [0.5, 0.6) is 0 Å². The van der Waals surface area contributed by atoms with Crippen molar-refractivity contribution < 1.29 is 5.11 Å². The van der Waals surface area contributed by atoms with Gasteiger partial charge in [-0.3, -0.25) is 4.68 Å². The molecule has 96 valence electrons. The van der Waals surface area contributed by atoms with Crippen LogP contribution in [-0.2, 0) is 6.54 Å². The van der Waals surface area contributed by atoms with E-state index in [-0.39, 0.29) is 0 Å². The van der Waals surface area contributed by atoms with Crippen molar-refractivity contribution in [2.75, 3.05) is 0 Å². The van der Waals surface area contributed by atoms with Crippen molar-refractivity contribution in [1.82, 2.24) is 9.78 Å². The molecule has 1 unspecified atom stereocenters. The fourth-order valence-electron chi connectivity index (χ4n) is 1.99. The molecule has 0 saturated heterocycles. The summed E-state index contributed by atoms with van der Waals surface area (Å²) < 4.78 is 1.73. The van der Waals surface area contributed by atoms with Crippen molar-refractivity contribution in [3.8, 4) is 0 Å². The first-order chi connectivity index (χ1) is 8.49. The molecule has 1 atom stereocenters. The summed E-state index contributed by atoms with van der Waals surface area (Å²) in [4.78, 5) is 0. The minimum Gasteiger partial charge on any atom is -0.386 e. The van der Waals surface area contributed by atoms with Gasteiger partial charge in [0.25, 0.3) is 0 Å². The molecule has 1 aromatic carbocycles. The first-order valence-electron chi connectivity index (χ1n) is 5.92. The average Bonchev–Trinajstić information content (AvgIpc) is 2.64. The van der Waals surface area contributed by atoms with E-state index in [1.807, 2.05) is 39.0 Å². The van der Waals surface area contributed by atoms with Gasteiger partial charge in [-0.1, -0.05) is 35.4 Å². The van der Waals surface area contributed by atoms with Crippen molar-refractivity contribution in [2.45, 2.75) is 33.4 Å². The Labute approximate surface area is 112 Å². The molecule has 1 heterocycles. The van der Waals surface area contributed by atoms with Gasteiger partial charge in [-0.15, -0.1) is 0 Å². The van der Waals surface area contributed by atoms with Gasteiger partial charge in [0.05, 0.1) is 29.6 Å². The van der Waals surface area contributed by atoms with E-state index in [4.69, 9.17) is 11.6 Å². The molecule has 0 fully saturated rings. The van der Waals surface area contributed by atoms with Crippen molar-refractivity contribution in [3.05, 3.63) is 51.8 Å². The number of aromatic nitrogens is 2. The Morgan fingerprint density at radius 1 is 1.33 bits per heavy atom. The van der Waals surface area contributed by atoms with Gasteiger partial charge in [-0.25, -0.2) is 0 Å². The number of aliphatic hydroxyl groups is 1. The quantitative estimate of drug-likeness (QED) is 0.925. The Kier molecular flexibility index (Phi) is 3.73. The topological polar surface area (TPSA) is 38.0 Å². The molecular formula is C14H17ClN2O. The van der Waals surface area contributed by atoms with Gasteiger partial charge in [-0.05, 0) is 31.9 Å². The molecule has 0 aliphatic carbocycles. The fraction of sp³-hybridized carbons (Fsp3) is 0.357. The summed E-state index contributed by atoms with van der Waals surface area (Å²) in [5.74, 6) is 0. The molecule has 0 spiro atoms. The predicted molar refractivity (Wildman–Crippen MR) is 72.8 cm³/mol. The van der Waals surface area contributed by atoms with Crippen LogP contribution in [0.25, 0.3) is 0 Å². The zero-order valence-electron chi connectivity index (χ0n) is 10.8. The summed E-state index contributed by atoms with van der Waals surface area (Å²) >= 11 is 5.95. The zero-order chi connectivity index (χ0) is 13.3.